The fourth-order valence-corrected chi connectivity index (χ4v) is 6.29. The average molecular weight is 499 g/mol. The Morgan fingerprint density at radius 1 is 1.25 bits per heavy atom. The molecule has 36 heavy (non-hydrogen) atoms. The Kier molecular flexibility index (Phi) is 8.46. The summed E-state index contributed by atoms with van der Waals surface area (Å²) in [6.07, 6.45) is 5.60. The van der Waals surface area contributed by atoms with E-state index in [2.05, 4.69) is 6.58 Å². The quantitative estimate of drug-likeness (QED) is 0.255. The molecule has 1 aromatic rings. The lowest BCUT2D eigenvalue weighted by atomic mass is 9.70. The highest BCUT2D eigenvalue weighted by Gasteiger charge is 2.74. The molecule has 3 aliphatic rings. The van der Waals surface area contributed by atoms with E-state index >= 15 is 0 Å². The lowest BCUT2D eigenvalue weighted by Crippen LogP contribution is -2.56. The normalized spacial score (nSPS) is 28.3. The molecule has 1 N–H and O–H groups in total. The van der Waals surface area contributed by atoms with Crippen LogP contribution in [0.25, 0.3) is 0 Å². The summed E-state index contributed by atoms with van der Waals surface area (Å²) in [5.41, 5.74) is -0.0278. The molecular weight excluding hydrogens is 460 g/mol. The van der Waals surface area contributed by atoms with Crippen LogP contribution in [-0.4, -0.2) is 76.7 Å². The first-order valence-electron chi connectivity index (χ1n) is 13.2. The van der Waals surface area contributed by atoms with E-state index in [1.54, 1.807) is 22.8 Å². The molecule has 1 aromatic carbocycles. The summed E-state index contributed by atoms with van der Waals surface area (Å²) in [4.78, 5) is 44.4. The third-order valence-electron chi connectivity index (χ3n) is 7.78. The van der Waals surface area contributed by atoms with Gasteiger partial charge in [0.25, 0.3) is 0 Å². The zero-order valence-electron chi connectivity index (χ0n) is 21.1. The Morgan fingerprint density at radius 3 is 2.69 bits per heavy atom. The van der Waals surface area contributed by atoms with Crippen LogP contribution in [0, 0.1) is 11.8 Å². The van der Waals surface area contributed by atoms with E-state index in [-0.39, 0.29) is 25.0 Å². The van der Waals surface area contributed by atoms with Crippen molar-refractivity contribution >= 4 is 17.8 Å². The maximum atomic E-state index is 14.2. The van der Waals surface area contributed by atoms with E-state index in [1.807, 2.05) is 30.3 Å². The number of nitrogens with zero attached hydrogens (tertiary/aromatic N) is 2. The Balaban J connectivity index is 1.64. The molecule has 2 amide bonds. The molecule has 3 saturated heterocycles. The summed E-state index contributed by atoms with van der Waals surface area (Å²) in [7, 11) is 0. The fraction of sp³-hybridized carbons (Fsp3) is 0.607. The lowest BCUT2D eigenvalue weighted by Gasteiger charge is -2.37. The molecule has 0 unspecified atom stereocenters. The summed E-state index contributed by atoms with van der Waals surface area (Å²) < 4.78 is 11.8. The molecule has 3 aliphatic heterocycles. The number of esters is 1. The predicted molar refractivity (Wildman–Crippen MR) is 134 cm³/mol. The van der Waals surface area contributed by atoms with Crippen molar-refractivity contribution in [2.75, 3.05) is 26.3 Å². The van der Waals surface area contributed by atoms with Crippen LogP contribution in [0.1, 0.15) is 51.0 Å². The molecular formula is C28H38N2O6. The number of aliphatic hydroxyl groups is 1. The number of benzene rings is 1. The smallest absolute Gasteiger partial charge is 0.312 e. The number of amides is 2. The van der Waals surface area contributed by atoms with Crippen LogP contribution in [0.4, 0.5) is 0 Å². The highest BCUT2D eigenvalue weighted by atomic mass is 16.6. The van der Waals surface area contributed by atoms with Crippen molar-refractivity contribution in [3.63, 3.8) is 0 Å². The summed E-state index contributed by atoms with van der Waals surface area (Å²) >= 11 is 0. The first-order chi connectivity index (χ1) is 17.5. The number of likely N-dealkylation sites (tertiary alicyclic amines) is 1. The van der Waals surface area contributed by atoms with Gasteiger partial charge in [-0.05, 0) is 38.2 Å². The molecule has 2 bridgehead atoms. The van der Waals surface area contributed by atoms with Crippen LogP contribution in [0.2, 0.25) is 0 Å². The summed E-state index contributed by atoms with van der Waals surface area (Å²) in [6.45, 7) is 7.12. The van der Waals surface area contributed by atoms with Gasteiger partial charge < -0.3 is 24.4 Å². The van der Waals surface area contributed by atoms with Crippen molar-refractivity contribution in [3.05, 3.63) is 48.6 Å². The minimum atomic E-state index is -1.02. The van der Waals surface area contributed by atoms with Crippen LogP contribution >= 0.6 is 0 Å². The molecule has 3 heterocycles. The molecule has 4 rings (SSSR count). The third kappa shape index (κ3) is 4.81. The van der Waals surface area contributed by atoms with Crippen molar-refractivity contribution < 1.29 is 29.0 Å². The van der Waals surface area contributed by atoms with Crippen LogP contribution in [0.3, 0.4) is 0 Å². The van der Waals surface area contributed by atoms with Gasteiger partial charge in [0, 0.05) is 26.2 Å². The number of hydrogen-bond acceptors (Lipinski definition) is 6. The molecule has 3 fully saturated rings. The van der Waals surface area contributed by atoms with Gasteiger partial charge in [0.2, 0.25) is 11.8 Å². The number of rotatable bonds is 13. The molecule has 196 valence electrons. The van der Waals surface area contributed by atoms with Gasteiger partial charge in [0.15, 0.2) is 0 Å². The number of ether oxygens (including phenoxy) is 2. The van der Waals surface area contributed by atoms with E-state index in [0.29, 0.717) is 45.3 Å². The standard InChI is InChI=1S/C28H38N2O6/c1-3-16-29(19-20-12-8-7-9-13-20)26(33)24-28-15-14-21(36-28)22(27(34)35-4-2)23(28)25(32)30(24)17-10-5-6-11-18-31/h3,7-9,12-13,21-24,31H,1,4-6,10-11,14-19H2,2H3/t21-,22+,23+,24-,28+/m0/s1. The second-order valence-corrected chi connectivity index (χ2v) is 9.97. The van der Waals surface area contributed by atoms with Crippen LogP contribution in [-0.2, 0) is 30.4 Å². The zero-order chi connectivity index (χ0) is 25.7. The SMILES string of the molecule is C=CCN(Cc1ccccc1)C(=O)[C@@H]1N(CCCCCCO)C(=O)[C@H]2[C@H](C(=O)OCC)[C@@H]3CC[C@]12O3. The second kappa shape index (κ2) is 11.6. The maximum Gasteiger partial charge on any atom is 0.312 e. The predicted octanol–water partition coefficient (Wildman–Crippen LogP) is 2.69. The van der Waals surface area contributed by atoms with Gasteiger partial charge in [-0.1, -0.05) is 49.2 Å². The number of unbranched alkanes of at least 4 members (excludes halogenated alkanes) is 3. The van der Waals surface area contributed by atoms with E-state index in [0.717, 1.165) is 18.4 Å². The summed E-state index contributed by atoms with van der Waals surface area (Å²) in [5, 5.41) is 9.09. The van der Waals surface area contributed by atoms with E-state index in [4.69, 9.17) is 14.6 Å². The Hall–Kier alpha value is -2.71. The summed E-state index contributed by atoms with van der Waals surface area (Å²) in [5.74, 6) is -2.15. The van der Waals surface area contributed by atoms with Crippen LogP contribution in [0.5, 0.6) is 0 Å². The Bertz CT molecular complexity index is 953. The van der Waals surface area contributed by atoms with Gasteiger partial charge in [0.05, 0.1) is 24.5 Å². The highest BCUT2D eigenvalue weighted by molar-refractivity contribution is 5.98. The first-order valence-corrected chi connectivity index (χ1v) is 13.2. The molecule has 0 radical (unpaired) electrons. The Morgan fingerprint density at radius 2 is 2.00 bits per heavy atom. The van der Waals surface area contributed by atoms with E-state index < -0.39 is 35.6 Å². The van der Waals surface area contributed by atoms with Gasteiger partial charge in [0.1, 0.15) is 11.6 Å². The van der Waals surface area contributed by atoms with Crippen molar-refractivity contribution in [1.82, 2.24) is 9.80 Å². The third-order valence-corrected chi connectivity index (χ3v) is 7.78. The highest BCUT2D eigenvalue weighted by Crippen LogP contribution is 2.58. The number of hydrogen-bond donors (Lipinski definition) is 1. The molecule has 0 aromatic heterocycles. The maximum absolute atomic E-state index is 14.2. The molecule has 8 nitrogen and oxygen atoms in total. The zero-order valence-corrected chi connectivity index (χ0v) is 21.1. The molecule has 8 heteroatoms. The van der Waals surface area contributed by atoms with Crippen molar-refractivity contribution in [1.29, 1.82) is 0 Å². The summed E-state index contributed by atoms with van der Waals surface area (Å²) in [6, 6.07) is 8.95. The topological polar surface area (TPSA) is 96.4 Å². The molecule has 1 spiro atoms. The lowest BCUT2D eigenvalue weighted by molar-refractivity contribution is -0.155. The van der Waals surface area contributed by atoms with Gasteiger partial charge in [-0.25, -0.2) is 0 Å². The minimum absolute atomic E-state index is 0.140. The van der Waals surface area contributed by atoms with Gasteiger partial charge in [-0.2, -0.15) is 0 Å². The van der Waals surface area contributed by atoms with Crippen molar-refractivity contribution in [3.8, 4) is 0 Å². The van der Waals surface area contributed by atoms with Crippen LogP contribution in [0.15, 0.2) is 43.0 Å². The molecule has 5 atom stereocenters. The van der Waals surface area contributed by atoms with Gasteiger partial charge in [-0.15, -0.1) is 6.58 Å². The van der Waals surface area contributed by atoms with Gasteiger partial charge >= 0.3 is 5.97 Å². The number of carbonyl (C=O) groups is 3. The fourth-order valence-electron chi connectivity index (χ4n) is 6.29. The van der Waals surface area contributed by atoms with Crippen molar-refractivity contribution in [2.24, 2.45) is 11.8 Å². The van der Waals surface area contributed by atoms with E-state index in [9.17, 15) is 14.4 Å². The van der Waals surface area contributed by atoms with E-state index in [1.165, 1.54) is 0 Å². The number of carbonyl (C=O) groups excluding carboxylic acids is 3. The monoisotopic (exact) mass is 498 g/mol. The minimum Gasteiger partial charge on any atom is -0.466 e. The second-order valence-electron chi connectivity index (χ2n) is 9.97. The van der Waals surface area contributed by atoms with Crippen molar-refractivity contribution in [2.45, 2.75) is 69.7 Å². The molecule has 0 aliphatic carbocycles. The number of fused-ring (bicyclic) bond motifs is 1. The first kappa shape index (κ1) is 26.4. The largest absolute Gasteiger partial charge is 0.466 e. The van der Waals surface area contributed by atoms with Gasteiger partial charge in [-0.3, -0.25) is 14.4 Å². The Labute approximate surface area is 213 Å². The van der Waals surface area contributed by atoms with Crippen LogP contribution < -0.4 is 0 Å². The number of aliphatic hydroxyl groups excluding tert-OH is 1. The molecule has 0 saturated carbocycles. The average Bonchev–Trinajstić information content (AvgIpc) is 3.51.